The van der Waals surface area contributed by atoms with Gasteiger partial charge in [-0.3, -0.25) is 14.8 Å². The zero-order chi connectivity index (χ0) is 22.9. The van der Waals surface area contributed by atoms with Crippen LogP contribution in [0.15, 0.2) is 60.7 Å². The molecule has 0 saturated heterocycles. The van der Waals surface area contributed by atoms with Gasteiger partial charge in [0.15, 0.2) is 0 Å². The Morgan fingerprint density at radius 1 is 0.806 bits per heavy atom. The van der Waals surface area contributed by atoms with E-state index in [2.05, 4.69) is 10.6 Å². The molecule has 31 heavy (non-hydrogen) atoms. The Morgan fingerprint density at radius 3 is 1.68 bits per heavy atom. The summed E-state index contributed by atoms with van der Waals surface area (Å²) in [4.78, 5) is 37.5. The number of alkyl carbamates (subject to hydrolysis) is 1. The lowest BCUT2D eigenvalue weighted by molar-refractivity contribution is -0.135. The summed E-state index contributed by atoms with van der Waals surface area (Å²) in [6.07, 6.45) is -0.372. The van der Waals surface area contributed by atoms with E-state index in [0.29, 0.717) is 0 Å². The average Bonchev–Trinajstić information content (AvgIpc) is 2.72. The predicted molar refractivity (Wildman–Crippen MR) is 115 cm³/mol. The van der Waals surface area contributed by atoms with Gasteiger partial charge in [-0.05, 0) is 31.9 Å². The summed E-state index contributed by atoms with van der Waals surface area (Å²) in [5.74, 6) is -1.33. The van der Waals surface area contributed by atoms with Crippen molar-refractivity contribution in [2.45, 2.75) is 51.3 Å². The van der Waals surface area contributed by atoms with E-state index >= 15 is 0 Å². The molecule has 0 bridgehead atoms. The number of hydrogen-bond donors (Lipinski definition) is 4. The number of benzene rings is 2. The number of carbonyl (C=O) groups excluding carboxylic acids is 3. The van der Waals surface area contributed by atoms with Crippen LogP contribution in [0.3, 0.4) is 0 Å². The number of nitrogens with one attached hydrogen (secondary N) is 3. The first-order valence-electron chi connectivity index (χ1n) is 9.99. The van der Waals surface area contributed by atoms with E-state index in [4.69, 9.17) is 9.94 Å². The second kappa shape index (κ2) is 11.1. The minimum absolute atomic E-state index is 0.170. The number of carbonyl (C=O) groups is 3. The van der Waals surface area contributed by atoms with Gasteiger partial charge in [-0.15, -0.1) is 0 Å². The van der Waals surface area contributed by atoms with Gasteiger partial charge >= 0.3 is 6.09 Å². The third-order valence-electron chi connectivity index (χ3n) is 4.32. The van der Waals surface area contributed by atoms with Crippen LogP contribution in [0, 0.1) is 0 Å². The Bertz CT molecular complexity index is 866. The molecule has 2 aromatic carbocycles. The van der Waals surface area contributed by atoms with Crippen molar-refractivity contribution in [1.29, 1.82) is 0 Å². The lowest BCUT2D eigenvalue weighted by Gasteiger charge is -2.25. The number of amides is 3. The smallest absolute Gasteiger partial charge is 0.408 e. The molecular formula is C23H29N3O5. The van der Waals surface area contributed by atoms with Gasteiger partial charge in [0.05, 0.1) is 0 Å². The molecular weight excluding hydrogens is 398 g/mol. The number of rotatable bonds is 8. The highest BCUT2D eigenvalue weighted by molar-refractivity contribution is 5.91. The van der Waals surface area contributed by atoms with Crippen molar-refractivity contribution in [3.8, 4) is 0 Å². The molecule has 8 nitrogen and oxygen atoms in total. The van der Waals surface area contributed by atoms with Crippen LogP contribution in [0.5, 0.6) is 0 Å². The maximum absolute atomic E-state index is 13.0. The zero-order valence-electron chi connectivity index (χ0n) is 17.9. The first-order valence-corrected chi connectivity index (χ1v) is 9.99. The summed E-state index contributed by atoms with van der Waals surface area (Å²) >= 11 is 0. The molecule has 0 fully saturated rings. The highest BCUT2D eigenvalue weighted by Gasteiger charge is 2.28. The third-order valence-corrected chi connectivity index (χ3v) is 4.32. The quantitative estimate of drug-likeness (QED) is 0.381. The van der Waals surface area contributed by atoms with E-state index in [0.717, 1.165) is 11.1 Å². The molecule has 166 valence electrons. The normalized spacial score (nSPS) is 12.9. The summed E-state index contributed by atoms with van der Waals surface area (Å²) in [6.45, 7) is 5.17. The molecule has 0 spiro atoms. The summed E-state index contributed by atoms with van der Waals surface area (Å²) < 4.78 is 5.28. The molecule has 0 aliphatic heterocycles. The summed E-state index contributed by atoms with van der Waals surface area (Å²) in [6, 6.07) is 16.2. The maximum atomic E-state index is 13.0. The van der Waals surface area contributed by atoms with Crippen LogP contribution in [-0.2, 0) is 27.2 Å². The fourth-order valence-electron chi connectivity index (χ4n) is 2.92. The standard InChI is InChI=1S/C23H29N3O5/c1-23(2,3)31-22(29)25-18(14-16-10-6-4-7-11-16)20(27)24-19(21(28)26-30)15-17-12-8-5-9-13-17/h4-13,18-19,30H,14-15H2,1-3H3,(H,24,27)(H,25,29)(H,26,28)/t18-,19+/m0/s1. The lowest BCUT2D eigenvalue weighted by Crippen LogP contribution is -2.55. The number of ether oxygens (including phenoxy) is 1. The van der Waals surface area contributed by atoms with E-state index in [9.17, 15) is 14.4 Å². The van der Waals surface area contributed by atoms with Crippen molar-refractivity contribution in [2.75, 3.05) is 0 Å². The van der Waals surface area contributed by atoms with Gasteiger partial charge in [0, 0.05) is 12.8 Å². The van der Waals surface area contributed by atoms with Gasteiger partial charge in [-0.2, -0.15) is 0 Å². The molecule has 0 aromatic heterocycles. The van der Waals surface area contributed by atoms with E-state index < -0.39 is 35.6 Å². The summed E-state index contributed by atoms with van der Waals surface area (Å²) in [5.41, 5.74) is 2.48. The van der Waals surface area contributed by atoms with Crippen LogP contribution in [-0.4, -0.2) is 40.8 Å². The molecule has 2 atom stereocenters. The SMILES string of the molecule is CC(C)(C)OC(=O)N[C@@H](Cc1ccccc1)C(=O)N[C@H](Cc1ccccc1)C(=O)NO. The van der Waals surface area contributed by atoms with Crippen molar-refractivity contribution < 1.29 is 24.3 Å². The van der Waals surface area contributed by atoms with Gasteiger partial charge in [0.1, 0.15) is 17.7 Å². The molecule has 0 aliphatic carbocycles. The molecule has 2 rings (SSSR count). The lowest BCUT2D eigenvalue weighted by atomic mass is 10.0. The van der Waals surface area contributed by atoms with E-state index in [1.165, 1.54) is 0 Å². The first kappa shape index (κ1) is 23.9. The second-order valence-corrected chi connectivity index (χ2v) is 8.12. The van der Waals surface area contributed by atoms with Crippen molar-refractivity contribution in [3.05, 3.63) is 71.8 Å². The predicted octanol–water partition coefficient (Wildman–Crippen LogP) is 2.36. The fourth-order valence-corrected chi connectivity index (χ4v) is 2.92. The molecule has 0 unspecified atom stereocenters. The Labute approximate surface area is 181 Å². The fraction of sp³-hybridized carbons (Fsp3) is 0.348. The van der Waals surface area contributed by atoms with Crippen molar-refractivity contribution >= 4 is 17.9 Å². The van der Waals surface area contributed by atoms with Crippen molar-refractivity contribution in [1.82, 2.24) is 16.1 Å². The minimum Gasteiger partial charge on any atom is -0.444 e. The second-order valence-electron chi connectivity index (χ2n) is 8.12. The molecule has 4 N–H and O–H groups in total. The third kappa shape index (κ3) is 8.47. The molecule has 0 aliphatic rings. The number of hydrogen-bond acceptors (Lipinski definition) is 5. The zero-order valence-corrected chi connectivity index (χ0v) is 17.9. The Balaban J connectivity index is 2.17. The average molecular weight is 428 g/mol. The highest BCUT2D eigenvalue weighted by Crippen LogP contribution is 2.10. The Hall–Kier alpha value is -3.39. The van der Waals surface area contributed by atoms with Gasteiger partial charge in [0.2, 0.25) is 5.91 Å². The molecule has 8 heteroatoms. The van der Waals surface area contributed by atoms with Crippen molar-refractivity contribution in [2.24, 2.45) is 0 Å². The van der Waals surface area contributed by atoms with Crippen LogP contribution < -0.4 is 16.1 Å². The molecule has 0 saturated carbocycles. The summed E-state index contributed by atoms with van der Waals surface area (Å²) in [5, 5.41) is 14.3. The van der Waals surface area contributed by atoms with E-state index in [1.807, 2.05) is 60.7 Å². The number of hydroxylamine groups is 1. The molecule has 0 heterocycles. The maximum Gasteiger partial charge on any atom is 0.408 e. The van der Waals surface area contributed by atoms with E-state index in [1.54, 1.807) is 26.3 Å². The monoisotopic (exact) mass is 427 g/mol. The van der Waals surface area contributed by atoms with Gasteiger partial charge in [-0.25, -0.2) is 10.3 Å². The van der Waals surface area contributed by atoms with Crippen LogP contribution >= 0.6 is 0 Å². The Morgan fingerprint density at radius 2 is 1.26 bits per heavy atom. The van der Waals surface area contributed by atoms with Gasteiger partial charge < -0.3 is 15.4 Å². The molecule has 2 aromatic rings. The van der Waals surface area contributed by atoms with Crippen LogP contribution in [0.2, 0.25) is 0 Å². The topological polar surface area (TPSA) is 117 Å². The van der Waals surface area contributed by atoms with Crippen LogP contribution in [0.25, 0.3) is 0 Å². The van der Waals surface area contributed by atoms with Gasteiger partial charge in [-0.1, -0.05) is 60.7 Å². The molecule has 0 radical (unpaired) electrons. The highest BCUT2D eigenvalue weighted by atomic mass is 16.6. The van der Waals surface area contributed by atoms with Crippen LogP contribution in [0.1, 0.15) is 31.9 Å². The summed E-state index contributed by atoms with van der Waals surface area (Å²) in [7, 11) is 0. The van der Waals surface area contributed by atoms with Gasteiger partial charge in [0.25, 0.3) is 5.91 Å². The molecule has 3 amide bonds. The first-order chi connectivity index (χ1) is 14.7. The largest absolute Gasteiger partial charge is 0.444 e. The van der Waals surface area contributed by atoms with Crippen molar-refractivity contribution in [3.63, 3.8) is 0 Å². The Kier molecular flexibility index (Phi) is 8.57. The van der Waals surface area contributed by atoms with Crippen LogP contribution in [0.4, 0.5) is 4.79 Å². The van der Waals surface area contributed by atoms with E-state index in [-0.39, 0.29) is 12.8 Å². The minimum atomic E-state index is -1.03.